The summed E-state index contributed by atoms with van der Waals surface area (Å²) in [6.45, 7) is 2.32. The molecule has 1 aromatic heterocycles. The summed E-state index contributed by atoms with van der Waals surface area (Å²) in [4.78, 5) is 14.8. The van der Waals surface area contributed by atoms with Crippen molar-refractivity contribution in [2.24, 2.45) is 0 Å². The maximum Gasteiger partial charge on any atom is 0.234 e. The van der Waals surface area contributed by atoms with Crippen LogP contribution in [0, 0.1) is 0 Å². The fourth-order valence-corrected chi connectivity index (χ4v) is 4.15. The van der Waals surface area contributed by atoms with Crippen LogP contribution in [-0.2, 0) is 11.3 Å². The van der Waals surface area contributed by atoms with Crippen LogP contribution >= 0.6 is 0 Å². The predicted molar refractivity (Wildman–Crippen MR) is 94.7 cm³/mol. The normalized spacial score (nSPS) is 21.6. The lowest BCUT2D eigenvalue weighted by molar-refractivity contribution is -0.123. The number of benzene rings is 1. The van der Waals surface area contributed by atoms with Crippen LogP contribution in [0.5, 0.6) is 0 Å². The Balaban J connectivity index is 1.54. The second-order valence-corrected chi connectivity index (χ2v) is 6.96. The standard InChI is InChI=1S/C20H25N3O/c24-19(21-17-9-4-5-10-17)15-23-14-13-22-12-6-11-18(22)20(23)16-7-2-1-3-8-16/h1-3,6-8,11-12,17,20H,4-5,9-10,13-15H2,(H,21,24)/t20-/m1/s1. The number of carbonyl (C=O) groups excluding carboxylic acids is 1. The van der Waals surface area contributed by atoms with Gasteiger partial charge in [0.15, 0.2) is 0 Å². The van der Waals surface area contributed by atoms with Gasteiger partial charge in [-0.2, -0.15) is 0 Å². The van der Waals surface area contributed by atoms with E-state index in [0.29, 0.717) is 12.6 Å². The van der Waals surface area contributed by atoms with E-state index in [0.717, 1.165) is 25.9 Å². The highest BCUT2D eigenvalue weighted by Crippen LogP contribution is 2.32. The Kier molecular flexibility index (Phi) is 4.39. The number of nitrogens with one attached hydrogen (secondary N) is 1. The summed E-state index contributed by atoms with van der Waals surface area (Å²) < 4.78 is 2.31. The minimum atomic E-state index is 0.157. The van der Waals surface area contributed by atoms with E-state index >= 15 is 0 Å². The van der Waals surface area contributed by atoms with Crippen LogP contribution in [-0.4, -0.2) is 34.5 Å². The number of carbonyl (C=O) groups is 1. The molecule has 0 spiro atoms. The SMILES string of the molecule is O=C(CN1CCn2cccc2[C@H]1c1ccccc1)NC1CCCC1. The van der Waals surface area contributed by atoms with E-state index in [2.05, 4.69) is 57.4 Å². The van der Waals surface area contributed by atoms with Crippen LogP contribution in [0.4, 0.5) is 0 Å². The Morgan fingerprint density at radius 2 is 1.83 bits per heavy atom. The Morgan fingerprint density at radius 3 is 2.62 bits per heavy atom. The van der Waals surface area contributed by atoms with E-state index in [9.17, 15) is 4.79 Å². The summed E-state index contributed by atoms with van der Waals surface area (Å²) in [5, 5.41) is 3.23. The van der Waals surface area contributed by atoms with Crippen molar-refractivity contribution < 1.29 is 4.79 Å². The van der Waals surface area contributed by atoms with Crippen molar-refractivity contribution in [1.29, 1.82) is 0 Å². The monoisotopic (exact) mass is 323 g/mol. The van der Waals surface area contributed by atoms with Crippen molar-refractivity contribution in [1.82, 2.24) is 14.8 Å². The Hall–Kier alpha value is -2.07. The maximum absolute atomic E-state index is 12.5. The van der Waals surface area contributed by atoms with Gasteiger partial charge in [-0.15, -0.1) is 0 Å². The van der Waals surface area contributed by atoms with Gasteiger partial charge >= 0.3 is 0 Å². The molecule has 4 rings (SSSR count). The van der Waals surface area contributed by atoms with Crippen molar-refractivity contribution in [2.75, 3.05) is 13.1 Å². The number of fused-ring (bicyclic) bond motifs is 1. The number of amides is 1. The third-order valence-electron chi connectivity index (χ3n) is 5.32. The van der Waals surface area contributed by atoms with Gasteiger partial charge in [0, 0.05) is 31.0 Å². The summed E-state index contributed by atoms with van der Waals surface area (Å²) in [5.74, 6) is 0.169. The van der Waals surface area contributed by atoms with Gasteiger partial charge in [-0.05, 0) is 30.5 Å². The molecule has 1 fully saturated rings. The summed E-state index contributed by atoms with van der Waals surface area (Å²) >= 11 is 0. The maximum atomic E-state index is 12.5. The van der Waals surface area contributed by atoms with Crippen molar-refractivity contribution in [3.63, 3.8) is 0 Å². The van der Waals surface area contributed by atoms with Gasteiger partial charge in [0.05, 0.1) is 12.6 Å². The summed E-state index contributed by atoms with van der Waals surface area (Å²) in [6.07, 6.45) is 6.90. The lowest BCUT2D eigenvalue weighted by atomic mass is 10.00. The zero-order valence-corrected chi connectivity index (χ0v) is 14.0. The van der Waals surface area contributed by atoms with Crippen LogP contribution in [0.15, 0.2) is 48.7 Å². The van der Waals surface area contributed by atoms with E-state index in [1.165, 1.54) is 24.1 Å². The molecule has 1 aliphatic carbocycles. The van der Waals surface area contributed by atoms with Crippen molar-refractivity contribution in [3.05, 3.63) is 59.9 Å². The Morgan fingerprint density at radius 1 is 1.04 bits per heavy atom. The van der Waals surface area contributed by atoms with E-state index in [4.69, 9.17) is 0 Å². The quantitative estimate of drug-likeness (QED) is 0.939. The molecular weight excluding hydrogens is 298 g/mol. The molecule has 1 N–H and O–H groups in total. The smallest absolute Gasteiger partial charge is 0.234 e. The van der Waals surface area contributed by atoms with Crippen molar-refractivity contribution >= 4 is 5.91 Å². The van der Waals surface area contributed by atoms with Crippen LogP contribution < -0.4 is 5.32 Å². The fourth-order valence-electron chi connectivity index (χ4n) is 4.15. The van der Waals surface area contributed by atoms with Crippen molar-refractivity contribution in [3.8, 4) is 0 Å². The molecule has 1 amide bonds. The lowest BCUT2D eigenvalue weighted by Crippen LogP contribution is -2.46. The van der Waals surface area contributed by atoms with Gasteiger partial charge in [0.25, 0.3) is 0 Å². The Labute approximate surface area is 143 Å². The first kappa shape index (κ1) is 15.5. The van der Waals surface area contributed by atoms with Crippen LogP contribution in [0.1, 0.15) is 43.0 Å². The highest BCUT2D eigenvalue weighted by Gasteiger charge is 2.30. The first-order valence-corrected chi connectivity index (χ1v) is 9.04. The largest absolute Gasteiger partial charge is 0.352 e. The molecule has 126 valence electrons. The summed E-state index contributed by atoms with van der Waals surface area (Å²) in [6, 6.07) is 15.4. The minimum Gasteiger partial charge on any atom is -0.352 e. The molecule has 24 heavy (non-hydrogen) atoms. The molecule has 0 bridgehead atoms. The molecule has 1 aliphatic heterocycles. The molecule has 2 aromatic rings. The van der Waals surface area contributed by atoms with Gasteiger partial charge in [-0.3, -0.25) is 9.69 Å². The zero-order valence-electron chi connectivity index (χ0n) is 14.0. The molecule has 1 atom stereocenters. The Bertz CT molecular complexity index is 688. The molecule has 4 nitrogen and oxygen atoms in total. The molecule has 0 radical (unpaired) electrons. The van der Waals surface area contributed by atoms with Gasteiger partial charge < -0.3 is 9.88 Å². The fraction of sp³-hybridized carbons (Fsp3) is 0.450. The average molecular weight is 323 g/mol. The van der Waals surface area contributed by atoms with Crippen molar-refractivity contribution in [2.45, 2.75) is 44.3 Å². The molecule has 1 saturated carbocycles. The molecule has 0 unspecified atom stereocenters. The molecular formula is C20H25N3O. The zero-order chi connectivity index (χ0) is 16.4. The van der Waals surface area contributed by atoms with E-state index in [1.807, 2.05) is 6.07 Å². The third kappa shape index (κ3) is 3.11. The second kappa shape index (κ2) is 6.81. The highest BCUT2D eigenvalue weighted by atomic mass is 16.2. The van der Waals surface area contributed by atoms with Crippen LogP contribution in [0.25, 0.3) is 0 Å². The van der Waals surface area contributed by atoms with Gasteiger partial charge in [0.2, 0.25) is 5.91 Å². The average Bonchev–Trinajstić information content (AvgIpc) is 3.26. The van der Waals surface area contributed by atoms with Crippen LogP contribution in [0.3, 0.4) is 0 Å². The number of hydrogen-bond donors (Lipinski definition) is 1. The number of aromatic nitrogens is 1. The van der Waals surface area contributed by atoms with E-state index in [1.54, 1.807) is 0 Å². The predicted octanol–water partition coefficient (Wildman–Crippen LogP) is 2.95. The lowest BCUT2D eigenvalue weighted by Gasteiger charge is -2.37. The topological polar surface area (TPSA) is 37.3 Å². The molecule has 0 saturated heterocycles. The minimum absolute atomic E-state index is 0.157. The first-order chi connectivity index (χ1) is 11.8. The van der Waals surface area contributed by atoms with Gasteiger partial charge in [-0.25, -0.2) is 0 Å². The first-order valence-electron chi connectivity index (χ1n) is 9.04. The van der Waals surface area contributed by atoms with Crippen LogP contribution in [0.2, 0.25) is 0 Å². The van der Waals surface area contributed by atoms with Gasteiger partial charge in [-0.1, -0.05) is 43.2 Å². The van der Waals surface area contributed by atoms with E-state index in [-0.39, 0.29) is 11.9 Å². The molecule has 2 aliphatic rings. The van der Waals surface area contributed by atoms with Gasteiger partial charge in [0.1, 0.15) is 0 Å². The number of rotatable bonds is 4. The molecule has 1 aromatic carbocycles. The third-order valence-corrected chi connectivity index (χ3v) is 5.32. The number of nitrogens with zero attached hydrogens (tertiary/aromatic N) is 2. The number of hydrogen-bond acceptors (Lipinski definition) is 2. The summed E-state index contributed by atoms with van der Waals surface area (Å²) in [5.41, 5.74) is 2.53. The molecule has 4 heteroatoms. The second-order valence-electron chi connectivity index (χ2n) is 6.96. The van der Waals surface area contributed by atoms with E-state index < -0.39 is 0 Å². The molecule has 2 heterocycles. The highest BCUT2D eigenvalue weighted by molar-refractivity contribution is 5.78. The summed E-state index contributed by atoms with van der Waals surface area (Å²) in [7, 11) is 0.